The SMILES string of the molecule is C=C1C(=O)O[C@H]2/C=C(\C)C(=O)/C=C\[C@](C)(O)C[C@H](OC(=O)C(C)C)[C@@H]12. The van der Waals surface area contributed by atoms with Gasteiger partial charge in [0.15, 0.2) is 5.78 Å². The van der Waals surface area contributed by atoms with Gasteiger partial charge in [0.25, 0.3) is 0 Å². The van der Waals surface area contributed by atoms with Gasteiger partial charge in [0.2, 0.25) is 0 Å². The first-order valence-corrected chi connectivity index (χ1v) is 8.26. The summed E-state index contributed by atoms with van der Waals surface area (Å²) in [6.07, 6.45) is 2.64. The first-order chi connectivity index (χ1) is 11.5. The second-order valence-electron chi connectivity index (χ2n) is 7.16. The molecule has 1 fully saturated rings. The zero-order chi connectivity index (χ0) is 18.9. The maximum atomic E-state index is 12.1. The van der Waals surface area contributed by atoms with Crippen LogP contribution in [0.4, 0.5) is 0 Å². The van der Waals surface area contributed by atoms with Gasteiger partial charge in [0.05, 0.1) is 17.4 Å². The van der Waals surface area contributed by atoms with Crippen LogP contribution in [0.5, 0.6) is 0 Å². The van der Waals surface area contributed by atoms with E-state index in [1.807, 2.05) is 0 Å². The fraction of sp³-hybridized carbons (Fsp3) is 0.526. The van der Waals surface area contributed by atoms with Gasteiger partial charge in [-0.1, -0.05) is 20.4 Å². The van der Waals surface area contributed by atoms with Crippen LogP contribution in [0.2, 0.25) is 0 Å². The summed E-state index contributed by atoms with van der Waals surface area (Å²) in [5, 5.41) is 10.6. The van der Waals surface area contributed by atoms with E-state index in [0.29, 0.717) is 5.57 Å². The summed E-state index contributed by atoms with van der Waals surface area (Å²) < 4.78 is 10.9. The predicted octanol–water partition coefficient (Wildman–Crippen LogP) is 1.88. The van der Waals surface area contributed by atoms with Gasteiger partial charge in [0.1, 0.15) is 12.2 Å². The summed E-state index contributed by atoms with van der Waals surface area (Å²) in [5.74, 6) is -2.34. The van der Waals surface area contributed by atoms with Crippen LogP contribution in [-0.4, -0.2) is 40.6 Å². The van der Waals surface area contributed by atoms with Crippen molar-refractivity contribution >= 4 is 17.7 Å². The number of hydrogen-bond acceptors (Lipinski definition) is 6. The summed E-state index contributed by atoms with van der Waals surface area (Å²) in [4.78, 5) is 36.2. The topological polar surface area (TPSA) is 89.9 Å². The molecule has 0 amide bonds. The van der Waals surface area contributed by atoms with Crippen molar-refractivity contribution in [2.24, 2.45) is 11.8 Å². The summed E-state index contributed by atoms with van der Waals surface area (Å²) in [5.41, 5.74) is -0.852. The Balaban J connectivity index is 2.49. The van der Waals surface area contributed by atoms with E-state index in [1.54, 1.807) is 26.8 Å². The highest BCUT2D eigenvalue weighted by Gasteiger charge is 2.46. The largest absolute Gasteiger partial charge is 0.461 e. The molecule has 6 nitrogen and oxygen atoms in total. The number of carbonyl (C=O) groups is 3. The lowest BCUT2D eigenvalue weighted by molar-refractivity contribution is -0.158. The summed E-state index contributed by atoms with van der Waals surface area (Å²) in [6, 6.07) is 0. The third-order valence-corrected chi connectivity index (χ3v) is 4.41. The molecule has 25 heavy (non-hydrogen) atoms. The molecule has 0 unspecified atom stereocenters. The van der Waals surface area contributed by atoms with Gasteiger partial charge in [-0.2, -0.15) is 0 Å². The van der Waals surface area contributed by atoms with Gasteiger partial charge in [-0.3, -0.25) is 9.59 Å². The molecule has 1 heterocycles. The number of allylic oxidation sites excluding steroid dienone is 2. The second-order valence-corrected chi connectivity index (χ2v) is 7.16. The van der Waals surface area contributed by atoms with Crippen LogP contribution in [0.15, 0.2) is 36.0 Å². The number of aliphatic hydroxyl groups is 1. The molecule has 2 rings (SSSR count). The highest BCUT2D eigenvalue weighted by molar-refractivity contribution is 6.03. The molecule has 0 aromatic heterocycles. The van der Waals surface area contributed by atoms with Crippen molar-refractivity contribution in [1.29, 1.82) is 0 Å². The van der Waals surface area contributed by atoms with E-state index in [1.165, 1.54) is 19.1 Å². The molecule has 1 aliphatic carbocycles. The Morgan fingerprint density at radius 2 is 2.08 bits per heavy atom. The molecular weight excluding hydrogens is 324 g/mol. The zero-order valence-electron chi connectivity index (χ0n) is 14.9. The van der Waals surface area contributed by atoms with Crippen molar-refractivity contribution < 1.29 is 29.0 Å². The minimum Gasteiger partial charge on any atom is -0.461 e. The lowest BCUT2D eigenvalue weighted by Crippen LogP contribution is -2.40. The quantitative estimate of drug-likeness (QED) is 0.605. The van der Waals surface area contributed by atoms with Crippen molar-refractivity contribution in [2.45, 2.75) is 51.9 Å². The number of hydrogen-bond donors (Lipinski definition) is 1. The van der Waals surface area contributed by atoms with Crippen LogP contribution in [0.3, 0.4) is 0 Å². The molecule has 0 aromatic carbocycles. The van der Waals surface area contributed by atoms with Crippen LogP contribution in [0.25, 0.3) is 0 Å². The standard InChI is InChI=1S/C19H24O6/c1-10(2)17(21)25-15-9-19(5,23)7-6-13(20)11(3)8-14-16(15)12(4)18(22)24-14/h6-8,10,14-16,23H,4,9H2,1-3,5H3/b7-6-,11-8+/t14-,15-,16-,19-/m0/s1. The monoisotopic (exact) mass is 348 g/mol. The molecule has 2 aliphatic rings. The van der Waals surface area contributed by atoms with Gasteiger partial charge in [-0.15, -0.1) is 0 Å². The minimum atomic E-state index is -1.40. The second kappa shape index (κ2) is 6.96. The Bertz CT molecular complexity index is 667. The Hall–Kier alpha value is -2.21. The van der Waals surface area contributed by atoms with Crippen LogP contribution in [0, 0.1) is 11.8 Å². The first kappa shape index (κ1) is 19.1. The maximum absolute atomic E-state index is 12.1. The van der Waals surface area contributed by atoms with E-state index in [-0.39, 0.29) is 23.7 Å². The molecule has 6 heteroatoms. The van der Waals surface area contributed by atoms with E-state index in [9.17, 15) is 19.5 Å². The normalized spacial score (nSPS) is 36.3. The number of ether oxygens (including phenoxy) is 2. The predicted molar refractivity (Wildman–Crippen MR) is 90.4 cm³/mol. The lowest BCUT2D eigenvalue weighted by atomic mass is 9.82. The highest BCUT2D eigenvalue weighted by atomic mass is 16.6. The smallest absolute Gasteiger partial charge is 0.334 e. The third kappa shape index (κ3) is 4.25. The molecule has 1 saturated heterocycles. The molecule has 0 aromatic rings. The Morgan fingerprint density at radius 3 is 2.68 bits per heavy atom. The maximum Gasteiger partial charge on any atom is 0.334 e. The Kier molecular flexibility index (Phi) is 5.32. The molecule has 0 spiro atoms. The summed E-state index contributed by atoms with van der Waals surface area (Å²) >= 11 is 0. The fourth-order valence-electron chi connectivity index (χ4n) is 2.90. The van der Waals surface area contributed by atoms with E-state index < -0.39 is 35.7 Å². The summed E-state index contributed by atoms with van der Waals surface area (Å²) in [7, 11) is 0. The Morgan fingerprint density at radius 1 is 1.44 bits per heavy atom. The molecule has 0 radical (unpaired) electrons. The molecule has 4 atom stereocenters. The number of ketones is 1. The van der Waals surface area contributed by atoms with E-state index in [4.69, 9.17) is 9.47 Å². The average Bonchev–Trinajstić information content (AvgIpc) is 2.77. The number of fused-ring (bicyclic) bond motifs is 1. The van der Waals surface area contributed by atoms with Crippen molar-refractivity contribution in [2.75, 3.05) is 0 Å². The van der Waals surface area contributed by atoms with Crippen LogP contribution in [0.1, 0.15) is 34.1 Å². The molecule has 0 saturated carbocycles. The average molecular weight is 348 g/mol. The lowest BCUT2D eigenvalue weighted by Gasteiger charge is -2.32. The first-order valence-electron chi connectivity index (χ1n) is 8.26. The number of rotatable bonds is 2. The summed E-state index contributed by atoms with van der Waals surface area (Å²) in [6.45, 7) is 10.3. The number of carbonyl (C=O) groups excluding carboxylic acids is 3. The van der Waals surface area contributed by atoms with E-state index >= 15 is 0 Å². The van der Waals surface area contributed by atoms with Crippen molar-refractivity contribution in [3.63, 3.8) is 0 Å². The van der Waals surface area contributed by atoms with Gasteiger partial charge in [-0.25, -0.2) is 4.79 Å². The van der Waals surface area contributed by atoms with Crippen LogP contribution < -0.4 is 0 Å². The molecular formula is C19H24O6. The zero-order valence-corrected chi connectivity index (χ0v) is 14.9. The Labute approximate surface area is 147 Å². The molecule has 0 bridgehead atoms. The third-order valence-electron chi connectivity index (χ3n) is 4.41. The van der Waals surface area contributed by atoms with Gasteiger partial charge < -0.3 is 14.6 Å². The van der Waals surface area contributed by atoms with E-state index in [0.717, 1.165) is 0 Å². The van der Waals surface area contributed by atoms with Crippen molar-refractivity contribution in [3.8, 4) is 0 Å². The minimum absolute atomic E-state index is 0.0129. The van der Waals surface area contributed by atoms with Crippen LogP contribution >= 0.6 is 0 Å². The van der Waals surface area contributed by atoms with E-state index in [2.05, 4.69) is 6.58 Å². The van der Waals surface area contributed by atoms with Gasteiger partial charge in [0, 0.05) is 12.0 Å². The van der Waals surface area contributed by atoms with Crippen molar-refractivity contribution in [1.82, 2.24) is 0 Å². The van der Waals surface area contributed by atoms with Gasteiger partial charge >= 0.3 is 11.9 Å². The van der Waals surface area contributed by atoms with Crippen LogP contribution in [-0.2, 0) is 23.9 Å². The molecule has 1 N–H and O–H groups in total. The molecule has 1 aliphatic heterocycles. The number of esters is 2. The highest BCUT2D eigenvalue weighted by Crippen LogP contribution is 2.37. The van der Waals surface area contributed by atoms with Gasteiger partial charge in [-0.05, 0) is 37.6 Å². The fourth-order valence-corrected chi connectivity index (χ4v) is 2.90. The molecule has 136 valence electrons. The van der Waals surface area contributed by atoms with Crippen molar-refractivity contribution in [3.05, 3.63) is 36.0 Å².